The lowest BCUT2D eigenvalue weighted by atomic mass is 9.73. The maximum absolute atomic E-state index is 5.85. The number of rotatable bonds is 0. The molecule has 0 radical (unpaired) electrons. The Morgan fingerprint density at radius 3 is 2.54 bits per heavy atom. The molecule has 1 saturated carbocycles. The van der Waals surface area contributed by atoms with Gasteiger partial charge in [-0.05, 0) is 37.2 Å². The lowest BCUT2D eigenvalue weighted by Crippen LogP contribution is -2.25. The zero-order valence-corrected chi connectivity index (χ0v) is 9.15. The molecule has 0 aromatic rings. The van der Waals surface area contributed by atoms with E-state index >= 15 is 0 Å². The predicted octanol–water partition coefficient (Wildman–Crippen LogP) is 2.50. The Bertz CT molecular complexity index is 255. The average Bonchev–Trinajstić information content (AvgIpc) is 2.03. The minimum atomic E-state index is 0.393. The minimum absolute atomic E-state index is 0.393. The van der Waals surface area contributed by atoms with Crippen molar-refractivity contribution in [2.24, 2.45) is 16.1 Å². The molecular weight excluding hydrogens is 160 g/mol. The maximum Gasteiger partial charge on any atom is 0.0394 e. The molecule has 0 unspecified atom stereocenters. The summed E-state index contributed by atoms with van der Waals surface area (Å²) in [5, 5.41) is 0. The van der Waals surface area contributed by atoms with Gasteiger partial charge in [-0.25, -0.2) is 0 Å². The first-order valence-electron chi connectivity index (χ1n) is 4.87. The van der Waals surface area contributed by atoms with Gasteiger partial charge in [-0.1, -0.05) is 13.8 Å². The molecular formula is C11H20N2. The first-order chi connectivity index (χ1) is 5.96. The van der Waals surface area contributed by atoms with E-state index in [2.05, 4.69) is 18.8 Å². The highest BCUT2D eigenvalue weighted by Crippen LogP contribution is 2.37. The number of nitrogens with zero attached hydrogens (tertiary/aromatic N) is 1. The quantitative estimate of drug-likeness (QED) is 0.611. The van der Waals surface area contributed by atoms with Crippen LogP contribution in [-0.4, -0.2) is 12.8 Å². The highest BCUT2D eigenvalue weighted by molar-refractivity contribution is 6.01. The van der Waals surface area contributed by atoms with Crippen molar-refractivity contribution in [1.82, 2.24) is 0 Å². The van der Waals surface area contributed by atoms with E-state index < -0.39 is 0 Å². The van der Waals surface area contributed by atoms with E-state index in [-0.39, 0.29) is 0 Å². The Morgan fingerprint density at radius 1 is 1.46 bits per heavy atom. The van der Waals surface area contributed by atoms with Crippen LogP contribution in [0.5, 0.6) is 0 Å². The van der Waals surface area contributed by atoms with Crippen LogP contribution in [0.15, 0.2) is 16.3 Å². The molecule has 74 valence electrons. The monoisotopic (exact) mass is 180 g/mol. The molecule has 2 heteroatoms. The first-order valence-corrected chi connectivity index (χ1v) is 4.87. The summed E-state index contributed by atoms with van der Waals surface area (Å²) in [6, 6.07) is 0. The summed E-state index contributed by atoms with van der Waals surface area (Å²) in [6.07, 6.45) is 3.37. The Labute approximate surface area is 80.9 Å². The van der Waals surface area contributed by atoms with Crippen molar-refractivity contribution in [2.45, 2.75) is 40.0 Å². The van der Waals surface area contributed by atoms with Crippen molar-refractivity contribution in [3.63, 3.8) is 0 Å². The fraction of sp³-hybridized carbons (Fsp3) is 0.727. The summed E-state index contributed by atoms with van der Waals surface area (Å²) >= 11 is 0. The van der Waals surface area contributed by atoms with Crippen LogP contribution in [0.4, 0.5) is 0 Å². The van der Waals surface area contributed by atoms with Gasteiger partial charge in [0, 0.05) is 18.5 Å². The van der Waals surface area contributed by atoms with Crippen molar-refractivity contribution >= 4 is 5.71 Å². The van der Waals surface area contributed by atoms with Crippen molar-refractivity contribution in [3.05, 3.63) is 11.3 Å². The molecule has 0 saturated heterocycles. The van der Waals surface area contributed by atoms with Gasteiger partial charge in [0.15, 0.2) is 0 Å². The van der Waals surface area contributed by atoms with E-state index in [1.54, 1.807) is 0 Å². The van der Waals surface area contributed by atoms with Crippen LogP contribution in [0.1, 0.15) is 40.0 Å². The van der Waals surface area contributed by atoms with Gasteiger partial charge in [0.1, 0.15) is 0 Å². The highest BCUT2D eigenvalue weighted by Gasteiger charge is 2.28. The molecule has 0 heterocycles. The topological polar surface area (TPSA) is 38.4 Å². The molecule has 2 N–H and O–H groups in total. The molecule has 2 nitrogen and oxygen atoms in total. The molecule has 0 bridgehead atoms. The van der Waals surface area contributed by atoms with E-state index in [0.717, 1.165) is 18.5 Å². The third-order valence-electron chi connectivity index (χ3n) is 2.79. The van der Waals surface area contributed by atoms with Gasteiger partial charge in [-0.3, -0.25) is 4.99 Å². The van der Waals surface area contributed by atoms with E-state index in [1.807, 2.05) is 14.0 Å². The van der Waals surface area contributed by atoms with E-state index in [0.29, 0.717) is 5.41 Å². The van der Waals surface area contributed by atoms with Gasteiger partial charge in [0.05, 0.1) is 0 Å². The fourth-order valence-electron chi connectivity index (χ4n) is 1.89. The Balaban J connectivity index is 2.95. The number of nitrogens with two attached hydrogens (primary N) is 1. The largest absolute Gasteiger partial charge is 0.402 e. The second kappa shape index (κ2) is 3.52. The molecule has 0 aromatic carbocycles. The SMILES string of the molecule is CN=C1CCC(C)(C)CC1=C(C)N. The summed E-state index contributed by atoms with van der Waals surface area (Å²) in [4.78, 5) is 4.29. The van der Waals surface area contributed by atoms with Gasteiger partial charge in [0.25, 0.3) is 0 Å². The number of aliphatic imine (C=N–C) groups is 1. The molecule has 0 spiro atoms. The summed E-state index contributed by atoms with van der Waals surface area (Å²) in [6.45, 7) is 6.56. The third kappa shape index (κ3) is 2.33. The van der Waals surface area contributed by atoms with E-state index in [9.17, 15) is 0 Å². The maximum atomic E-state index is 5.85. The molecule has 0 aromatic heterocycles. The van der Waals surface area contributed by atoms with Gasteiger partial charge in [-0.15, -0.1) is 0 Å². The van der Waals surface area contributed by atoms with Crippen LogP contribution >= 0.6 is 0 Å². The molecule has 1 aliphatic rings. The average molecular weight is 180 g/mol. The van der Waals surface area contributed by atoms with Crippen molar-refractivity contribution in [2.75, 3.05) is 7.05 Å². The molecule has 1 rings (SSSR count). The second-order valence-electron chi connectivity index (χ2n) is 4.67. The predicted molar refractivity (Wildman–Crippen MR) is 57.9 cm³/mol. The van der Waals surface area contributed by atoms with Crippen molar-refractivity contribution in [1.29, 1.82) is 0 Å². The summed E-state index contributed by atoms with van der Waals surface area (Å²) in [5.41, 5.74) is 9.67. The Kier molecular flexibility index (Phi) is 2.79. The Hall–Kier alpha value is -0.790. The normalized spacial score (nSPS) is 29.1. The van der Waals surface area contributed by atoms with E-state index in [1.165, 1.54) is 17.7 Å². The summed E-state index contributed by atoms with van der Waals surface area (Å²) in [7, 11) is 1.86. The highest BCUT2D eigenvalue weighted by atomic mass is 14.7. The number of hydrogen-bond donors (Lipinski definition) is 1. The second-order valence-corrected chi connectivity index (χ2v) is 4.67. The number of hydrogen-bond acceptors (Lipinski definition) is 2. The molecule has 1 aliphatic carbocycles. The first kappa shape index (κ1) is 10.3. The summed E-state index contributed by atoms with van der Waals surface area (Å²) < 4.78 is 0. The number of allylic oxidation sites excluding steroid dienone is 2. The van der Waals surface area contributed by atoms with Gasteiger partial charge in [0.2, 0.25) is 0 Å². The molecule has 0 aliphatic heterocycles. The lowest BCUT2D eigenvalue weighted by molar-refractivity contribution is 0.328. The van der Waals surface area contributed by atoms with Gasteiger partial charge < -0.3 is 5.73 Å². The standard InChI is InChI=1S/C11H20N2/c1-8(12)9-7-11(2,3)6-5-10(9)13-4/h5-7,12H2,1-4H3. The zero-order chi connectivity index (χ0) is 10.1. The molecule has 13 heavy (non-hydrogen) atoms. The smallest absolute Gasteiger partial charge is 0.0394 e. The third-order valence-corrected chi connectivity index (χ3v) is 2.79. The Morgan fingerprint density at radius 2 is 2.08 bits per heavy atom. The lowest BCUT2D eigenvalue weighted by Gasteiger charge is -2.32. The minimum Gasteiger partial charge on any atom is -0.402 e. The van der Waals surface area contributed by atoms with E-state index in [4.69, 9.17) is 5.73 Å². The van der Waals surface area contributed by atoms with Crippen LogP contribution in [-0.2, 0) is 0 Å². The van der Waals surface area contributed by atoms with Crippen LogP contribution in [0.2, 0.25) is 0 Å². The van der Waals surface area contributed by atoms with Crippen molar-refractivity contribution in [3.8, 4) is 0 Å². The molecule has 1 fully saturated rings. The van der Waals surface area contributed by atoms with Crippen LogP contribution in [0.25, 0.3) is 0 Å². The van der Waals surface area contributed by atoms with Gasteiger partial charge >= 0.3 is 0 Å². The molecule has 0 atom stereocenters. The van der Waals surface area contributed by atoms with Crippen LogP contribution in [0, 0.1) is 5.41 Å². The molecule has 0 amide bonds. The summed E-state index contributed by atoms with van der Waals surface area (Å²) in [5.74, 6) is 0. The van der Waals surface area contributed by atoms with Crippen LogP contribution in [0.3, 0.4) is 0 Å². The zero-order valence-electron chi connectivity index (χ0n) is 9.15. The van der Waals surface area contributed by atoms with Gasteiger partial charge in [-0.2, -0.15) is 0 Å². The van der Waals surface area contributed by atoms with Crippen LogP contribution < -0.4 is 5.73 Å². The fourth-order valence-corrected chi connectivity index (χ4v) is 1.89. The van der Waals surface area contributed by atoms with Crippen molar-refractivity contribution < 1.29 is 0 Å².